The number of rotatable bonds is 0. The summed E-state index contributed by atoms with van der Waals surface area (Å²) in [5, 5.41) is 8.51. The SMILES string of the molecule is N#CC1CC2CC1C2. The van der Waals surface area contributed by atoms with Crippen molar-refractivity contribution in [2.45, 2.75) is 19.3 Å². The Morgan fingerprint density at radius 2 is 2.00 bits per heavy atom. The van der Waals surface area contributed by atoms with E-state index < -0.39 is 0 Å². The minimum absolute atomic E-state index is 0.444. The monoisotopic (exact) mass is 107 g/mol. The van der Waals surface area contributed by atoms with Gasteiger partial charge < -0.3 is 0 Å². The highest BCUT2D eigenvalue weighted by Gasteiger charge is 2.44. The van der Waals surface area contributed by atoms with Crippen LogP contribution in [0.5, 0.6) is 0 Å². The van der Waals surface area contributed by atoms with Gasteiger partial charge in [-0.3, -0.25) is 0 Å². The summed E-state index contributed by atoms with van der Waals surface area (Å²) in [4.78, 5) is 0. The van der Waals surface area contributed by atoms with Crippen molar-refractivity contribution in [1.29, 1.82) is 5.26 Å². The van der Waals surface area contributed by atoms with Gasteiger partial charge in [-0.1, -0.05) is 0 Å². The standard InChI is InChI=1S/C7H9N/c8-4-7-3-5-1-6(7)2-5/h5-7H,1-3H2. The zero-order valence-corrected chi connectivity index (χ0v) is 4.80. The van der Waals surface area contributed by atoms with Crippen molar-refractivity contribution in [3.8, 4) is 6.07 Å². The lowest BCUT2D eigenvalue weighted by molar-refractivity contribution is 0.291. The molecular formula is C7H9N. The van der Waals surface area contributed by atoms with Crippen molar-refractivity contribution in [2.24, 2.45) is 17.8 Å². The molecule has 0 aromatic carbocycles. The van der Waals surface area contributed by atoms with Gasteiger partial charge in [0.1, 0.15) is 0 Å². The third kappa shape index (κ3) is 0.362. The number of nitrogens with zero attached hydrogens (tertiary/aromatic N) is 1. The summed E-state index contributed by atoms with van der Waals surface area (Å²) in [6.45, 7) is 0. The molecule has 1 unspecified atom stereocenters. The van der Waals surface area contributed by atoms with Gasteiger partial charge in [0.15, 0.2) is 0 Å². The van der Waals surface area contributed by atoms with Gasteiger partial charge in [0.05, 0.1) is 6.07 Å². The van der Waals surface area contributed by atoms with Gasteiger partial charge in [-0.15, -0.1) is 0 Å². The molecule has 1 nitrogen and oxygen atoms in total. The van der Waals surface area contributed by atoms with Gasteiger partial charge >= 0.3 is 0 Å². The Kier molecular flexibility index (Phi) is 0.686. The van der Waals surface area contributed by atoms with E-state index in [0.717, 1.165) is 11.8 Å². The molecule has 42 valence electrons. The van der Waals surface area contributed by atoms with E-state index in [1.807, 2.05) is 0 Å². The minimum Gasteiger partial charge on any atom is -0.198 e. The molecule has 0 aliphatic heterocycles. The Balaban J connectivity index is 2.12. The largest absolute Gasteiger partial charge is 0.198 e. The van der Waals surface area contributed by atoms with Crippen LogP contribution in [0.4, 0.5) is 0 Å². The second kappa shape index (κ2) is 1.25. The molecule has 3 rings (SSSR count). The van der Waals surface area contributed by atoms with Crippen molar-refractivity contribution >= 4 is 0 Å². The van der Waals surface area contributed by atoms with E-state index in [4.69, 9.17) is 5.26 Å². The van der Waals surface area contributed by atoms with Gasteiger partial charge in [0, 0.05) is 5.92 Å². The van der Waals surface area contributed by atoms with Crippen LogP contribution in [0.15, 0.2) is 0 Å². The second-order valence-corrected chi connectivity index (χ2v) is 3.07. The molecule has 0 radical (unpaired) electrons. The molecule has 3 saturated carbocycles. The van der Waals surface area contributed by atoms with Gasteiger partial charge in [0.2, 0.25) is 0 Å². The summed E-state index contributed by atoms with van der Waals surface area (Å²) < 4.78 is 0. The zero-order chi connectivity index (χ0) is 5.56. The first-order valence-electron chi connectivity index (χ1n) is 3.30. The van der Waals surface area contributed by atoms with Crippen LogP contribution in [0, 0.1) is 29.1 Å². The number of hydrogen-bond donors (Lipinski definition) is 0. The molecule has 0 heterocycles. The van der Waals surface area contributed by atoms with Crippen LogP contribution in [0.25, 0.3) is 0 Å². The van der Waals surface area contributed by atoms with Crippen LogP contribution in [-0.4, -0.2) is 0 Å². The highest BCUT2D eigenvalue weighted by Crippen LogP contribution is 2.51. The highest BCUT2D eigenvalue weighted by atomic mass is 14.5. The Bertz CT molecular complexity index is 139. The fraction of sp³-hybridized carbons (Fsp3) is 0.857. The molecule has 3 aliphatic rings. The normalized spacial score (nSPS) is 50.1. The average Bonchev–Trinajstić information content (AvgIpc) is 2.15. The molecule has 1 heteroatoms. The number of hydrogen-bond acceptors (Lipinski definition) is 1. The summed E-state index contributed by atoms with van der Waals surface area (Å²) in [6, 6.07) is 2.36. The summed E-state index contributed by atoms with van der Waals surface area (Å²) in [6.07, 6.45) is 3.93. The van der Waals surface area contributed by atoms with Crippen LogP contribution in [0.3, 0.4) is 0 Å². The summed E-state index contributed by atoms with van der Waals surface area (Å²) in [5.74, 6) is 2.20. The first-order valence-corrected chi connectivity index (χ1v) is 3.30. The van der Waals surface area contributed by atoms with Crippen molar-refractivity contribution in [1.82, 2.24) is 0 Å². The fourth-order valence-electron chi connectivity index (χ4n) is 2.02. The molecule has 0 N–H and O–H groups in total. The molecule has 3 fully saturated rings. The van der Waals surface area contributed by atoms with E-state index in [1.54, 1.807) is 0 Å². The lowest BCUT2D eigenvalue weighted by atomic mass is 9.83. The van der Waals surface area contributed by atoms with E-state index in [-0.39, 0.29) is 0 Å². The third-order valence-electron chi connectivity index (χ3n) is 2.59. The van der Waals surface area contributed by atoms with Gasteiger partial charge in [0.25, 0.3) is 0 Å². The maximum atomic E-state index is 8.51. The lowest BCUT2D eigenvalue weighted by Gasteiger charge is -2.22. The van der Waals surface area contributed by atoms with E-state index in [2.05, 4.69) is 6.07 Å². The van der Waals surface area contributed by atoms with E-state index in [0.29, 0.717) is 5.92 Å². The molecule has 3 aliphatic carbocycles. The second-order valence-electron chi connectivity index (χ2n) is 3.07. The first kappa shape index (κ1) is 4.38. The molecule has 0 saturated heterocycles. The summed E-state index contributed by atoms with van der Waals surface area (Å²) >= 11 is 0. The van der Waals surface area contributed by atoms with Crippen LogP contribution in [0.1, 0.15) is 19.3 Å². The van der Waals surface area contributed by atoms with Crippen molar-refractivity contribution in [2.75, 3.05) is 0 Å². The Hall–Kier alpha value is -0.510. The third-order valence-corrected chi connectivity index (χ3v) is 2.59. The van der Waals surface area contributed by atoms with E-state index in [1.165, 1.54) is 19.3 Å². The van der Waals surface area contributed by atoms with Crippen LogP contribution < -0.4 is 0 Å². The highest BCUT2D eigenvalue weighted by molar-refractivity contribution is 5.03. The molecular weight excluding hydrogens is 98.1 g/mol. The van der Waals surface area contributed by atoms with Gasteiger partial charge in [-0.05, 0) is 31.1 Å². The Labute approximate surface area is 49.3 Å². The fourth-order valence-corrected chi connectivity index (χ4v) is 2.02. The lowest BCUT2D eigenvalue weighted by Crippen LogP contribution is -2.13. The van der Waals surface area contributed by atoms with Crippen molar-refractivity contribution in [3.63, 3.8) is 0 Å². The predicted molar refractivity (Wildman–Crippen MR) is 29.9 cm³/mol. The van der Waals surface area contributed by atoms with Crippen LogP contribution in [-0.2, 0) is 0 Å². The van der Waals surface area contributed by atoms with E-state index in [9.17, 15) is 0 Å². The smallest absolute Gasteiger partial charge is 0.0658 e. The Morgan fingerprint density at radius 3 is 2.25 bits per heavy atom. The average molecular weight is 107 g/mol. The predicted octanol–water partition coefficient (Wildman–Crippen LogP) is 1.56. The minimum atomic E-state index is 0.444. The van der Waals surface area contributed by atoms with Gasteiger partial charge in [-0.2, -0.15) is 5.26 Å². The maximum Gasteiger partial charge on any atom is 0.0658 e. The van der Waals surface area contributed by atoms with Crippen molar-refractivity contribution < 1.29 is 0 Å². The molecule has 8 heavy (non-hydrogen) atoms. The number of nitriles is 1. The quantitative estimate of drug-likeness (QED) is 0.460. The van der Waals surface area contributed by atoms with E-state index >= 15 is 0 Å². The molecule has 1 atom stereocenters. The zero-order valence-electron chi connectivity index (χ0n) is 4.80. The molecule has 0 aromatic heterocycles. The topological polar surface area (TPSA) is 23.8 Å². The Morgan fingerprint density at radius 1 is 1.25 bits per heavy atom. The maximum absolute atomic E-state index is 8.51. The van der Waals surface area contributed by atoms with Gasteiger partial charge in [-0.25, -0.2) is 0 Å². The molecule has 0 aromatic rings. The number of fused-ring (bicyclic) bond motifs is 1. The molecule has 0 amide bonds. The molecule has 0 spiro atoms. The summed E-state index contributed by atoms with van der Waals surface area (Å²) in [5.41, 5.74) is 0. The molecule has 2 bridgehead atoms. The first-order chi connectivity index (χ1) is 3.90. The van der Waals surface area contributed by atoms with Crippen LogP contribution in [0.2, 0.25) is 0 Å². The van der Waals surface area contributed by atoms with Crippen LogP contribution >= 0.6 is 0 Å². The summed E-state index contributed by atoms with van der Waals surface area (Å²) in [7, 11) is 0. The van der Waals surface area contributed by atoms with Crippen molar-refractivity contribution in [3.05, 3.63) is 0 Å².